The number of halogens is 3. The lowest BCUT2D eigenvalue weighted by Crippen LogP contribution is -2.19. The van der Waals surface area contributed by atoms with Crippen LogP contribution in [0.25, 0.3) is 10.9 Å². The third-order valence-corrected chi connectivity index (χ3v) is 7.24. The van der Waals surface area contributed by atoms with Crippen LogP contribution in [0, 0.1) is 0 Å². The van der Waals surface area contributed by atoms with Gasteiger partial charge in [0.1, 0.15) is 18.1 Å². The molecule has 5 nitrogen and oxygen atoms in total. The fraction of sp³-hybridized carbons (Fsp3) is 0.444. The van der Waals surface area contributed by atoms with E-state index in [4.69, 9.17) is 9.84 Å². The van der Waals surface area contributed by atoms with E-state index >= 15 is 0 Å². The molecule has 2 N–H and O–H groups in total. The maximum atomic E-state index is 13.1. The molecule has 1 atom stereocenters. The number of nitrogens with one attached hydrogen (secondary N) is 1. The third kappa shape index (κ3) is 5.26. The summed E-state index contributed by atoms with van der Waals surface area (Å²) in [5.41, 5.74) is 4.24. The van der Waals surface area contributed by atoms with Gasteiger partial charge in [0.05, 0.1) is 6.42 Å². The summed E-state index contributed by atoms with van der Waals surface area (Å²) in [7, 11) is 0. The van der Waals surface area contributed by atoms with Crippen molar-refractivity contribution in [2.45, 2.75) is 76.2 Å². The molecule has 0 bridgehead atoms. The Morgan fingerprint density at radius 1 is 1.06 bits per heavy atom. The van der Waals surface area contributed by atoms with E-state index < -0.39 is 12.3 Å². The topological polar surface area (TPSA) is 71.5 Å². The largest absolute Gasteiger partial charge is 0.573 e. The Bertz CT molecular complexity index is 1230. The average molecular weight is 488 g/mol. The molecule has 0 saturated heterocycles. The lowest BCUT2D eigenvalue weighted by atomic mass is 9.83. The number of benzene rings is 2. The van der Waals surface area contributed by atoms with Gasteiger partial charge in [-0.15, -0.1) is 13.2 Å². The van der Waals surface area contributed by atoms with Gasteiger partial charge in [-0.25, -0.2) is 0 Å². The normalized spacial score (nSPS) is 18.5. The number of H-pyrrole nitrogens is 1. The van der Waals surface area contributed by atoms with E-state index in [9.17, 15) is 18.0 Å². The van der Waals surface area contributed by atoms with Gasteiger partial charge in [0.15, 0.2) is 0 Å². The van der Waals surface area contributed by atoms with Crippen LogP contribution in [0.15, 0.2) is 36.4 Å². The quantitative estimate of drug-likeness (QED) is 0.370. The second-order valence-corrected chi connectivity index (χ2v) is 9.60. The number of carbonyl (C=O) groups is 1. The second-order valence-electron chi connectivity index (χ2n) is 9.60. The first kappa shape index (κ1) is 23.6. The predicted octanol–water partition coefficient (Wildman–Crippen LogP) is 7.20. The lowest BCUT2D eigenvalue weighted by Gasteiger charge is -2.25. The molecule has 1 saturated carbocycles. The van der Waals surface area contributed by atoms with Crippen LogP contribution in [-0.2, 0) is 17.8 Å². The van der Waals surface area contributed by atoms with Crippen molar-refractivity contribution in [3.05, 3.63) is 58.8 Å². The monoisotopic (exact) mass is 487 g/mol. The van der Waals surface area contributed by atoms with Crippen molar-refractivity contribution >= 4 is 16.9 Å². The van der Waals surface area contributed by atoms with Gasteiger partial charge in [0.25, 0.3) is 0 Å². The minimum Gasteiger partial charge on any atom is -0.489 e. The number of aromatic nitrogens is 1. The van der Waals surface area contributed by atoms with Gasteiger partial charge in [-0.3, -0.25) is 4.79 Å². The van der Waals surface area contributed by atoms with Crippen molar-refractivity contribution in [2.75, 3.05) is 0 Å². The number of hydrogen-bond acceptors (Lipinski definition) is 3. The molecule has 1 aromatic heterocycles. The maximum absolute atomic E-state index is 13.1. The molecule has 8 heteroatoms. The Morgan fingerprint density at radius 2 is 1.86 bits per heavy atom. The van der Waals surface area contributed by atoms with Crippen molar-refractivity contribution in [3.63, 3.8) is 0 Å². The van der Waals surface area contributed by atoms with Gasteiger partial charge in [-0.05, 0) is 72.6 Å². The fourth-order valence-electron chi connectivity index (χ4n) is 5.63. The van der Waals surface area contributed by atoms with Crippen LogP contribution in [-0.4, -0.2) is 22.4 Å². The van der Waals surface area contributed by atoms with Crippen molar-refractivity contribution in [1.29, 1.82) is 0 Å². The highest BCUT2D eigenvalue weighted by Gasteiger charge is 2.33. The predicted molar refractivity (Wildman–Crippen MR) is 125 cm³/mol. The van der Waals surface area contributed by atoms with E-state index in [1.165, 1.54) is 6.07 Å². The molecule has 186 valence electrons. The number of alkyl halides is 3. The molecule has 0 aliphatic heterocycles. The van der Waals surface area contributed by atoms with Crippen LogP contribution < -0.4 is 9.47 Å². The highest BCUT2D eigenvalue weighted by Crippen LogP contribution is 2.41. The zero-order valence-electron chi connectivity index (χ0n) is 19.3. The number of aryl methyl sites for hydroxylation is 1. The lowest BCUT2D eigenvalue weighted by molar-refractivity contribution is -0.275. The SMILES string of the molecule is O=C(O)CC1CCc2c1[nH]c1ccc(OCc3ccc(C4CCCCC4)c(OC(F)(F)F)c3)cc21. The highest BCUT2D eigenvalue weighted by atomic mass is 19.4. The van der Waals surface area contributed by atoms with E-state index in [-0.39, 0.29) is 30.6 Å². The summed E-state index contributed by atoms with van der Waals surface area (Å²) >= 11 is 0. The number of hydrogen-bond donors (Lipinski definition) is 2. The van der Waals surface area contributed by atoms with Crippen LogP contribution in [0.5, 0.6) is 11.5 Å². The van der Waals surface area contributed by atoms with E-state index in [2.05, 4.69) is 9.72 Å². The van der Waals surface area contributed by atoms with Crippen LogP contribution in [0.1, 0.15) is 79.2 Å². The van der Waals surface area contributed by atoms with Gasteiger partial charge < -0.3 is 19.6 Å². The number of carboxylic acids is 1. The molecule has 35 heavy (non-hydrogen) atoms. The molecular weight excluding hydrogens is 459 g/mol. The molecule has 2 aromatic carbocycles. The van der Waals surface area contributed by atoms with Gasteiger partial charge in [-0.2, -0.15) is 0 Å². The molecule has 0 radical (unpaired) electrons. The molecule has 0 spiro atoms. The minimum absolute atomic E-state index is 0.0194. The molecule has 3 aromatic rings. The molecule has 2 aliphatic carbocycles. The van der Waals surface area contributed by atoms with E-state index in [1.807, 2.05) is 24.3 Å². The summed E-state index contributed by atoms with van der Waals surface area (Å²) in [5.74, 6) is -0.272. The Labute approximate surface area is 201 Å². The van der Waals surface area contributed by atoms with Crippen LogP contribution in [0.3, 0.4) is 0 Å². The first-order chi connectivity index (χ1) is 16.8. The summed E-state index contributed by atoms with van der Waals surface area (Å²) in [5, 5.41) is 10.2. The Morgan fingerprint density at radius 3 is 2.60 bits per heavy atom. The fourth-order valence-corrected chi connectivity index (χ4v) is 5.63. The first-order valence-corrected chi connectivity index (χ1v) is 12.1. The number of carboxylic acid groups (broad SMARTS) is 1. The van der Waals surface area contributed by atoms with E-state index in [1.54, 1.807) is 6.07 Å². The number of aromatic amines is 1. The zero-order chi connectivity index (χ0) is 24.6. The second kappa shape index (κ2) is 9.47. The number of fused-ring (bicyclic) bond motifs is 3. The van der Waals surface area contributed by atoms with Gasteiger partial charge in [0, 0.05) is 22.5 Å². The molecule has 1 heterocycles. The minimum atomic E-state index is -4.75. The molecule has 0 amide bonds. The molecule has 1 unspecified atom stereocenters. The van der Waals surface area contributed by atoms with Crippen LogP contribution >= 0.6 is 0 Å². The highest BCUT2D eigenvalue weighted by molar-refractivity contribution is 5.87. The Kier molecular flexibility index (Phi) is 6.38. The number of rotatable bonds is 7. The van der Waals surface area contributed by atoms with Crippen molar-refractivity contribution < 1.29 is 32.5 Å². The van der Waals surface area contributed by atoms with Gasteiger partial charge in [0.2, 0.25) is 0 Å². The third-order valence-electron chi connectivity index (χ3n) is 7.24. The van der Waals surface area contributed by atoms with E-state index in [0.29, 0.717) is 16.9 Å². The summed E-state index contributed by atoms with van der Waals surface area (Å²) in [6, 6.07) is 10.6. The molecule has 2 aliphatic rings. The molecule has 1 fully saturated rings. The van der Waals surface area contributed by atoms with Crippen LogP contribution in [0.2, 0.25) is 0 Å². The summed E-state index contributed by atoms with van der Waals surface area (Å²) < 4.78 is 49.7. The zero-order valence-corrected chi connectivity index (χ0v) is 19.3. The van der Waals surface area contributed by atoms with Crippen molar-refractivity contribution in [2.24, 2.45) is 0 Å². The Balaban J connectivity index is 1.34. The number of ether oxygens (including phenoxy) is 2. The molecule has 5 rings (SSSR count). The standard InChI is InChI=1S/C27H28F3NO4/c28-27(29,30)35-24-12-16(6-9-20(24)17-4-2-1-3-5-17)15-34-19-8-11-23-22(14-19)21-10-7-18(13-25(32)33)26(21)31-23/h6,8-9,11-12,14,17-18,31H,1-5,7,10,13,15H2,(H,32,33). The number of aliphatic carboxylic acids is 1. The smallest absolute Gasteiger partial charge is 0.489 e. The van der Waals surface area contributed by atoms with E-state index in [0.717, 1.165) is 67.1 Å². The Hall–Kier alpha value is -3.16. The van der Waals surface area contributed by atoms with Crippen molar-refractivity contribution in [3.8, 4) is 11.5 Å². The van der Waals surface area contributed by atoms with Gasteiger partial charge in [-0.1, -0.05) is 31.4 Å². The summed E-state index contributed by atoms with van der Waals surface area (Å²) in [6.07, 6.45) is 1.85. The first-order valence-electron chi connectivity index (χ1n) is 12.1. The van der Waals surface area contributed by atoms with Crippen LogP contribution in [0.4, 0.5) is 13.2 Å². The summed E-state index contributed by atoms with van der Waals surface area (Å²) in [4.78, 5) is 14.5. The van der Waals surface area contributed by atoms with Crippen molar-refractivity contribution in [1.82, 2.24) is 4.98 Å². The average Bonchev–Trinajstić information content (AvgIpc) is 3.36. The molecular formula is C27H28F3NO4. The van der Waals surface area contributed by atoms with Gasteiger partial charge >= 0.3 is 12.3 Å². The summed E-state index contributed by atoms with van der Waals surface area (Å²) in [6.45, 7) is 0.110. The maximum Gasteiger partial charge on any atom is 0.573 e.